The number of ether oxygens (including phenoxy) is 3. The summed E-state index contributed by atoms with van der Waals surface area (Å²) in [6.45, 7) is 4.70. The van der Waals surface area contributed by atoms with Crippen molar-refractivity contribution in [2.75, 3.05) is 34.0 Å². The molecule has 11 nitrogen and oxygen atoms in total. The quantitative estimate of drug-likeness (QED) is 0.101. The Labute approximate surface area is 306 Å². The molecule has 2 aromatic rings. The number of fused-ring (bicyclic) bond motifs is 2. The van der Waals surface area contributed by atoms with Gasteiger partial charge in [-0.1, -0.05) is 60.5 Å². The Balaban J connectivity index is 1.47. The highest BCUT2D eigenvalue weighted by Crippen LogP contribution is 2.62. The highest BCUT2D eigenvalue weighted by atomic mass is 16.7. The van der Waals surface area contributed by atoms with E-state index in [9.17, 15) is 19.8 Å². The fraction of sp³-hybridized carbons (Fsp3) is 0.537. The number of aliphatic hydroxyl groups is 2. The summed E-state index contributed by atoms with van der Waals surface area (Å²) in [6, 6.07) is 14.6. The second-order valence-corrected chi connectivity index (χ2v) is 14.4. The molecule has 6 rings (SSSR count). The van der Waals surface area contributed by atoms with Crippen molar-refractivity contribution in [1.82, 2.24) is 10.2 Å². The Hall–Kier alpha value is -4.19. The maximum absolute atomic E-state index is 13.8. The summed E-state index contributed by atoms with van der Waals surface area (Å²) in [5.41, 5.74) is 3.55. The third-order valence-electron chi connectivity index (χ3n) is 11.1. The molecule has 2 fully saturated rings. The van der Waals surface area contributed by atoms with Crippen molar-refractivity contribution in [3.63, 3.8) is 0 Å². The van der Waals surface area contributed by atoms with E-state index in [1.54, 1.807) is 17.0 Å². The molecule has 0 unspecified atom stereocenters. The Kier molecular flexibility index (Phi) is 12.3. The molecule has 1 heterocycles. The summed E-state index contributed by atoms with van der Waals surface area (Å²) < 4.78 is 19.8. The number of hydrogen-bond donors (Lipinski definition) is 3. The van der Waals surface area contributed by atoms with E-state index in [1.807, 2.05) is 49.5 Å². The van der Waals surface area contributed by atoms with Crippen LogP contribution in [0.1, 0.15) is 74.8 Å². The van der Waals surface area contributed by atoms with Crippen molar-refractivity contribution in [2.45, 2.75) is 82.1 Å². The molecular formula is C41H53N3O8. The number of unbranched alkanes of at least 4 members (excludes halogenated alkanes) is 2. The first-order valence-corrected chi connectivity index (χ1v) is 18.7. The molecule has 0 aromatic heterocycles. The minimum absolute atomic E-state index is 0.0193. The Morgan fingerprint density at radius 1 is 1.08 bits per heavy atom. The molecule has 0 radical (unpaired) electrons. The van der Waals surface area contributed by atoms with Crippen LogP contribution in [0.4, 0.5) is 4.79 Å². The minimum atomic E-state index is -1.29. The van der Waals surface area contributed by atoms with Crippen LogP contribution in [0.5, 0.6) is 11.5 Å². The number of benzene rings is 2. The Bertz CT molecular complexity index is 1620. The fourth-order valence-electron chi connectivity index (χ4n) is 8.59. The lowest BCUT2D eigenvalue weighted by Crippen LogP contribution is -2.69. The van der Waals surface area contributed by atoms with Crippen LogP contribution in [-0.2, 0) is 20.9 Å². The minimum Gasteiger partial charge on any atom is -0.459 e. The Morgan fingerprint density at radius 3 is 2.52 bits per heavy atom. The van der Waals surface area contributed by atoms with Crippen molar-refractivity contribution in [2.24, 2.45) is 28.8 Å². The fourth-order valence-corrected chi connectivity index (χ4v) is 8.59. The van der Waals surface area contributed by atoms with Gasteiger partial charge in [0, 0.05) is 50.6 Å². The molecule has 4 aliphatic rings. The average molecular weight is 716 g/mol. The van der Waals surface area contributed by atoms with Crippen LogP contribution in [0, 0.1) is 23.7 Å². The van der Waals surface area contributed by atoms with E-state index in [0.29, 0.717) is 37.3 Å². The number of oxime groups is 1. The van der Waals surface area contributed by atoms with Crippen LogP contribution < -0.4 is 14.8 Å². The van der Waals surface area contributed by atoms with Gasteiger partial charge in [0.2, 0.25) is 11.7 Å². The van der Waals surface area contributed by atoms with Crippen molar-refractivity contribution < 1.29 is 38.9 Å². The zero-order valence-corrected chi connectivity index (χ0v) is 30.4. The van der Waals surface area contributed by atoms with Crippen LogP contribution >= 0.6 is 0 Å². The summed E-state index contributed by atoms with van der Waals surface area (Å²) in [6.07, 6.45) is 10.2. The molecule has 2 saturated carbocycles. The monoisotopic (exact) mass is 715 g/mol. The zero-order valence-electron chi connectivity index (χ0n) is 30.4. The van der Waals surface area contributed by atoms with Gasteiger partial charge in [-0.05, 0) is 79.7 Å². The first kappa shape index (κ1) is 37.6. The molecule has 280 valence electrons. The normalized spacial score (nSPS) is 26.7. The maximum Gasteiger partial charge on any atom is 0.412 e. The molecule has 1 aliphatic heterocycles. The van der Waals surface area contributed by atoms with Gasteiger partial charge in [0.15, 0.2) is 0 Å². The second-order valence-electron chi connectivity index (χ2n) is 14.4. The number of amides is 2. The summed E-state index contributed by atoms with van der Waals surface area (Å²) in [5, 5.41) is 26.9. The van der Waals surface area contributed by atoms with Crippen molar-refractivity contribution >= 4 is 17.7 Å². The van der Waals surface area contributed by atoms with E-state index in [-0.39, 0.29) is 49.4 Å². The molecule has 2 aromatic carbocycles. The number of nitrogens with zero attached hydrogens (tertiary/aromatic N) is 2. The predicted octanol–water partition coefficient (Wildman–Crippen LogP) is 6.11. The molecule has 0 saturated heterocycles. The van der Waals surface area contributed by atoms with E-state index in [2.05, 4.69) is 23.1 Å². The van der Waals surface area contributed by atoms with Gasteiger partial charge in [-0.3, -0.25) is 4.79 Å². The first-order valence-electron chi connectivity index (χ1n) is 18.7. The number of rotatable bonds is 17. The van der Waals surface area contributed by atoms with E-state index in [4.69, 9.17) is 19.0 Å². The van der Waals surface area contributed by atoms with E-state index in [0.717, 1.165) is 60.9 Å². The summed E-state index contributed by atoms with van der Waals surface area (Å²) in [7, 11) is 3.37. The largest absolute Gasteiger partial charge is 0.459 e. The lowest BCUT2D eigenvalue weighted by molar-refractivity contribution is -0.255. The first-order chi connectivity index (χ1) is 25.3. The van der Waals surface area contributed by atoms with E-state index < -0.39 is 23.8 Å². The zero-order chi connectivity index (χ0) is 36.7. The Morgan fingerprint density at radius 2 is 1.83 bits per heavy atom. The number of carbonyl (C=O) groups excluding carboxylic acids is 2. The number of carbonyl (C=O) groups is 2. The van der Waals surface area contributed by atoms with Gasteiger partial charge in [0.1, 0.15) is 24.7 Å². The standard InChI is InChI=1S/C41H53N3O8/c1-4-22-50-41-36(44(2)39(47)28-16-17-28)25-34(43-49-3)32-23-29(14-8-10-20-45)31(15-9-11-21-46)37(38(32)41)33-24-30(18-19-35(33)52-41)51-40(48)42-26-27-12-6-5-7-13-27/h4-7,12-13,18-19,23-24,28-29,31,36-38,45-46H,1,8-11,14-17,20-22,25-26H2,2-3H3,(H,42,48)/t29-,31+,36-,37+,38+,41+/m0/s1. The van der Waals surface area contributed by atoms with Gasteiger partial charge >= 0.3 is 6.09 Å². The van der Waals surface area contributed by atoms with Crippen molar-refractivity contribution in [3.8, 4) is 11.5 Å². The smallest absolute Gasteiger partial charge is 0.412 e. The van der Waals surface area contributed by atoms with Crippen LogP contribution in [0.15, 0.2) is 78.0 Å². The van der Waals surface area contributed by atoms with Crippen molar-refractivity contribution in [3.05, 3.63) is 84.0 Å². The van der Waals surface area contributed by atoms with Crippen LogP contribution in [0.2, 0.25) is 0 Å². The highest BCUT2D eigenvalue weighted by molar-refractivity contribution is 6.03. The van der Waals surface area contributed by atoms with Crippen LogP contribution in [0.3, 0.4) is 0 Å². The predicted molar refractivity (Wildman–Crippen MR) is 197 cm³/mol. The van der Waals surface area contributed by atoms with Gasteiger partial charge in [-0.25, -0.2) is 4.79 Å². The molecular weight excluding hydrogens is 662 g/mol. The van der Waals surface area contributed by atoms with Crippen LogP contribution in [-0.4, -0.2) is 78.6 Å². The van der Waals surface area contributed by atoms with Gasteiger partial charge in [-0.15, -0.1) is 6.58 Å². The lowest BCUT2D eigenvalue weighted by Gasteiger charge is -2.59. The number of likely N-dealkylation sites (N-methyl/N-ethyl adjacent to an activating group) is 1. The molecule has 3 aliphatic carbocycles. The highest BCUT2D eigenvalue weighted by Gasteiger charge is 2.65. The lowest BCUT2D eigenvalue weighted by atomic mass is 9.55. The number of allylic oxidation sites excluding steroid dienone is 1. The van der Waals surface area contributed by atoms with Crippen molar-refractivity contribution in [1.29, 1.82) is 0 Å². The molecule has 2 amide bonds. The molecule has 0 spiro atoms. The maximum atomic E-state index is 13.8. The number of hydrogen-bond acceptors (Lipinski definition) is 9. The van der Waals surface area contributed by atoms with Gasteiger partial charge in [-0.2, -0.15) is 0 Å². The average Bonchev–Trinajstić information content (AvgIpc) is 4.01. The molecule has 3 N–H and O–H groups in total. The second kappa shape index (κ2) is 17.1. The summed E-state index contributed by atoms with van der Waals surface area (Å²) in [4.78, 5) is 34.1. The van der Waals surface area contributed by atoms with Gasteiger partial charge in [0.05, 0.1) is 18.2 Å². The number of aliphatic hydroxyl groups excluding tert-OH is 2. The van der Waals surface area contributed by atoms with Gasteiger partial charge < -0.3 is 39.5 Å². The molecule has 0 bridgehead atoms. The number of nitrogens with one attached hydrogen (secondary N) is 1. The van der Waals surface area contributed by atoms with E-state index in [1.165, 1.54) is 7.11 Å². The van der Waals surface area contributed by atoms with Gasteiger partial charge in [0.25, 0.3) is 0 Å². The third-order valence-corrected chi connectivity index (χ3v) is 11.1. The molecule has 52 heavy (non-hydrogen) atoms. The summed E-state index contributed by atoms with van der Waals surface area (Å²) in [5.74, 6) is -0.685. The molecule has 11 heteroatoms. The van der Waals surface area contributed by atoms with E-state index >= 15 is 0 Å². The topological polar surface area (TPSA) is 139 Å². The van der Waals surface area contributed by atoms with Crippen LogP contribution in [0.25, 0.3) is 0 Å². The SMILES string of the molecule is C=CCO[C@@]12Oc3ccc(OC(=O)NCc4ccccc4)cc3[C@H]3[C@H](CCCCO)[C@@H](CCCCO)C=C(C(=NOC)C[C@@H]1N(C)C(=O)C1CC1)[C@H]32. The summed E-state index contributed by atoms with van der Waals surface area (Å²) >= 11 is 0. The molecule has 6 atom stereocenters. The third kappa shape index (κ3) is 7.91.